The molecule has 0 atom stereocenters. The largest absolute Gasteiger partial charge is 0.273 e. The van der Waals surface area contributed by atoms with Crippen molar-refractivity contribution in [3.8, 4) is 0 Å². The van der Waals surface area contributed by atoms with Crippen molar-refractivity contribution in [3.05, 3.63) is 108 Å². The lowest BCUT2D eigenvalue weighted by Gasteiger charge is -2.08. The molecule has 144 valence electrons. The molecule has 0 aliphatic heterocycles. The number of amides is 1. The van der Waals surface area contributed by atoms with Crippen LogP contribution in [0.5, 0.6) is 0 Å². The lowest BCUT2D eigenvalue weighted by Crippen LogP contribution is -2.20. The van der Waals surface area contributed by atoms with Crippen LogP contribution in [-0.4, -0.2) is 12.1 Å². The molecule has 0 aromatic heterocycles. The Bertz CT molecular complexity index is 1360. The van der Waals surface area contributed by atoms with Gasteiger partial charge in [0, 0.05) is 5.56 Å². The molecule has 0 saturated heterocycles. The molecule has 0 fully saturated rings. The maximum Gasteiger partial charge on any atom is 0.244 e. The van der Waals surface area contributed by atoms with E-state index in [2.05, 4.69) is 53.0 Å². The Balaban J connectivity index is 1.43. The summed E-state index contributed by atoms with van der Waals surface area (Å²) in [5.41, 5.74) is 4.71. The van der Waals surface area contributed by atoms with Gasteiger partial charge in [-0.1, -0.05) is 91.0 Å². The number of nitrogens with one attached hydrogen (secondary N) is 1. The number of rotatable bonds is 4. The van der Waals surface area contributed by atoms with Crippen molar-refractivity contribution in [2.75, 3.05) is 0 Å². The quantitative estimate of drug-likeness (QED) is 0.235. The molecule has 0 aliphatic carbocycles. The molecule has 5 aromatic rings. The van der Waals surface area contributed by atoms with Crippen molar-refractivity contribution < 1.29 is 4.79 Å². The first kappa shape index (κ1) is 18.1. The number of carbonyl (C=O) groups is 1. The first-order valence-electron chi connectivity index (χ1n) is 9.99. The Kier molecular flexibility index (Phi) is 4.70. The van der Waals surface area contributed by atoms with Crippen LogP contribution in [0, 0.1) is 0 Å². The van der Waals surface area contributed by atoms with Crippen LogP contribution in [0.25, 0.3) is 32.3 Å². The van der Waals surface area contributed by atoms with Crippen LogP contribution in [0.3, 0.4) is 0 Å². The minimum absolute atomic E-state index is 0.132. The van der Waals surface area contributed by atoms with Gasteiger partial charge in [0.1, 0.15) is 0 Å². The molecule has 0 radical (unpaired) electrons. The highest BCUT2D eigenvalue weighted by Gasteiger charge is 2.08. The zero-order chi connectivity index (χ0) is 20.3. The highest BCUT2D eigenvalue weighted by Crippen LogP contribution is 2.27. The van der Waals surface area contributed by atoms with E-state index in [0.29, 0.717) is 0 Å². The van der Waals surface area contributed by atoms with Gasteiger partial charge < -0.3 is 0 Å². The Morgan fingerprint density at radius 2 is 1.27 bits per heavy atom. The van der Waals surface area contributed by atoms with Crippen molar-refractivity contribution in [2.45, 2.75) is 6.42 Å². The number of nitrogens with zero attached hydrogens (tertiary/aromatic N) is 1. The Morgan fingerprint density at radius 1 is 0.700 bits per heavy atom. The highest BCUT2D eigenvalue weighted by molar-refractivity contribution is 6.13. The molecule has 3 nitrogen and oxygen atoms in total. The van der Waals surface area contributed by atoms with E-state index in [-0.39, 0.29) is 12.3 Å². The second-order valence-electron chi connectivity index (χ2n) is 7.34. The fraction of sp³-hybridized carbons (Fsp3) is 0.0370. The molecule has 0 bridgehead atoms. The van der Waals surface area contributed by atoms with Gasteiger partial charge in [-0.05, 0) is 43.9 Å². The molecule has 0 unspecified atom stereocenters. The summed E-state index contributed by atoms with van der Waals surface area (Å²) in [6.45, 7) is 0. The third-order valence-electron chi connectivity index (χ3n) is 5.43. The molecular formula is C27H20N2O. The van der Waals surface area contributed by atoms with Crippen LogP contribution in [0.2, 0.25) is 0 Å². The van der Waals surface area contributed by atoms with Crippen LogP contribution in [-0.2, 0) is 11.2 Å². The lowest BCUT2D eigenvalue weighted by molar-refractivity contribution is -0.120. The van der Waals surface area contributed by atoms with Gasteiger partial charge in [0.2, 0.25) is 5.91 Å². The first-order valence-corrected chi connectivity index (χ1v) is 9.99. The molecule has 5 aromatic carbocycles. The molecule has 1 amide bonds. The van der Waals surface area contributed by atoms with E-state index < -0.39 is 0 Å². The molecule has 30 heavy (non-hydrogen) atoms. The van der Waals surface area contributed by atoms with Crippen molar-refractivity contribution >= 4 is 44.4 Å². The van der Waals surface area contributed by atoms with E-state index in [1.165, 1.54) is 0 Å². The Labute approximate surface area is 174 Å². The van der Waals surface area contributed by atoms with Crippen molar-refractivity contribution in [2.24, 2.45) is 5.10 Å². The van der Waals surface area contributed by atoms with Gasteiger partial charge in [-0.3, -0.25) is 4.79 Å². The molecule has 0 aliphatic rings. The third-order valence-corrected chi connectivity index (χ3v) is 5.43. The van der Waals surface area contributed by atoms with Crippen LogP contribution in [0.15, 0.2) is 102 Å². The monoisotopic (exact) mass is 388 g/mol. The summed E-state index contributed by atoms with van der Waals surface area (Å²) in [6.07, 6.45) is 2.04. The minimum atomic E-state index is -0.132. The van der Waals surface area contributed by atoms with Crippen LogP contribution in [0.1, 0.15) is 11.1 Å². The molecule has 5 rings (SSSR count). The predicted octanol–water partition coefficient (Wildman–Crippen LogP) is 5.84. The standard InChI is InChI=1S/C27H20N2O/c30-27(17-22-12-7-11-19-8-1-4-13-23(19)22)29-28-18-26-24-14-5-2-9-20(24)16-21-10-3-6-15-25(21)26/h1-16,18H,17H2,(H,29,30)/b28-18-. The Hall–Kier alpha value is -3.98. The molecule has 0 saturated carbocycles. The summed E-state index contributed by atoms with van der Waals surface area (Å²) in [5, 5.41) is 11.1. The molecule has 1 N–H and O–H groups in total. The minimum Gasteiger partial charge on any atom is -0.273 e. The van der Waals surface area contributed by atoms with Gasteiger partial charge in [0.15, 0.2) is 0 Å². The zero-order valence-corrected chi connectivity index (χ0v) is 16.4. The number of hydrazone groups is 1. The van der Waals surface area contributed by atoms with E-state index in [4.69, 9.17) is 0 Å². The maximum absolute atomic E-state index is 12.5. The molecular weight excluding hydrogens is 368 g/mol. The van der Waals surface area contributed by atoms with Gasteiger partial charge in [-0.25, -0.2) is 5.43 Å². The number of carbonyl (C=O) groups excluding carboxylic acids is 1. The van der Waals surface area contributed by atoms with Crippen molar-refractivity contribution in [1.29, 1.82) is 0 Å². The van der Waals surface area contributed by atoms with E-state index >= 15 is 0 Å². The predicted molar refractivity (Wildman–Crippen MR) is 125 cm³/mol. The number of hydrogen-bond donors (Lipinski definition) is 1. The van der Waals surface area contributed by atoms with Gasteiger partial charge in [0.05, 0.1) is 12.6 Å². The zero-order valence-electron chi connectivity index (χ0n) is 16.4. The smallest absolute Gasteiger partial charge is 0.244 e. The summed E-state index contributed by atoms with van der Waals surface area (Å²) < 4.78 is 0. The first-order chi connectivity index (χ1) is 14.8. The van der Waals surface area contributed by atoms with E-state index in [9.17, 15) is 4.79 Å². The summed E-state index contributed by atoms with van der Waals surface area (Å²) >= 11 is 0. The summed E-state index contributed by atoms with van der Waals surface area (Å²) in [4.78, 5) is 12.5. The second-order valence-corrected chi connectivity index (χ2v) is 7.34. The molecule has 3 heteroatoms. The highest BCUT2D eigenvalue weighted by atomic mass is 16.2. The average molecular weight is 388 g/mol. The van der Waals surface area contributed by atoms with Gasteiger partial charge in [-0.15, -0.1) is 0 Å². The van der Waals surface area contributed by atoms with Gasteiger partial charge in [-0.2, -0.15) is 5.10 Å². The molecule has 0 spiro atoms. The topological polar surface area (TPSA) is 41.5 Å². The average Bonchev–Trinajstić information content (AvgIpc) is 2.79. The second kappa shape index (κ2) is 7.80. The fourth-order valence-electron chi connectivity index (χ4n) is 4.02. The fourth-order valence-corrected chi connectivity index (χ4v) is 4.02. The van der Waals surface area contributed by atoms with Crippen LogP contribution < -0.4 is 5.43 Å². The van der Waals surface area contributed by atoms with E-state index in [1.54, 1.807) is 6.21 Å². The van der Waals surface area contributed by atoms with E-state index in [0.717, 1.165) is 43.4 Å². The van der Waals surface area contributed by atoms with Crippen molar-refractivity contribution in [1.82, 2.24) is 5.43 Å². The number of benzene rings is 5. The third kappa shape index (κ3) is 3.42. The number of fused-ring (bicyclic) bond motifs is 3. The summed E-state index contributed by atoms with van der Waals surface area (Å²) in [7, 11) is 0. The lowest BCUT2D eigenvalue weighted by atomic mass is 9.97. The Morgan fingerprint density at radius 3 is 1.97 bits per heavy atom. The van der Waals surface area contributed by atoms with E-state index in [1.807, 2.05) is 54.6 Å². The maximum atomic E-state index is 12.5. The van der Waals surface area contributed by atoms with Crippen LogP contribution in [0.4, 0.5) is 0 Å². The normalized spacial score (nSPS) is 11.5. The molecule has 0 heterocycles. The number of hydrogen-bond acceptors (Lipinski definition) is 2. The van der Waals surface area contributed by atoms with Crippen LogP contribution >= 0.6 is 0 Å². The SMILES string of the molecule is O=C(Cc1cccc2ccccc12)N/N=C\c1c2ccccc2cc2ccccc12. The summed E-state index contributed by atoms with van der Waals surface area (Å²) in [5.74, 6) is -0.132. The van der Waals surface area contributed by atoms with Crippen molar-refractivity contribution in [3.63, 3.8) is 0 Å². The van der Waals surface area contributed by atoms with Gasteiger partial charge in [0.25, 0.3) is 0 Å². The summed E-state index contributed by atoms with van der Waals surface area (Å²) in [6, 6.07) is 32.8. The van der Waals surface area contributed by atoms with Gasteiger partial charge >= 0.3 is 0 Å².